The number of likely N-dealkylation sites (N-methyl/N-ethyl adjacent to an activating group) is 1. The number of carbonyl (C=O) groups is 1. The monoisotopic (exact) mass is 265 g/mol. The molecule has 1 saturated carbocycles. The zero-order valence-electron chi connectivity index (χ0n) is 12.5. The molecule has 0 aromatic carbocycles. The van der Waals surface area contributed by atoms with Gasteiger partial charge in [0.1, 0.15) is 0 Å². The summed E-state index contributed by atoms with van der Waals surface area (Å²) in [6, 6.07) is 0.575. The molecule has 19 heavy (non-hydrogen) atoms. The molecule has 1 N–H and O–H groups in total. The number of amides is 1. The van der Waals surface area contributed by atoms with E-state index in [1.807, 2.05) is 0 Å². The first-order chi connectivity index (χ1) is 9.07. The van der Waals surface area contributed by atoms with Crippen molar-refractivity contribution < 1.29 is 4.79 Å². The summed E-state index contributed by atoms with van der Waals surface area (Å²) in [7, 11) is 0. The Morgan fingerprint density at radius 2 is 2.16 bits per heavy atom. The standard InChI is InChI=1S/C15H27N3O/c1-4-17-9-5-6-12(17)10-18-13(11(2)3)16-15(7-8-15)14(18)19/h11-13,16H,4-10H2,1-3H3. The average molecular weight is 265 g/mol. The number of hydrogen-bond acceptors (Lipinski definition) is 3. The zero-order valence-corrected chi connectivity index (χ0v) is 12.5. The Balaban J connectivity index is 1.72. The minimum Gasteiger partial charge on any atom is -0.324 e. The summed E-state index contributed by atoms with van der Waals surface area (Å²) in [6.07, 6.45) is 4.84. The van der Waals surface area contributed by atoms with E-state index < -0.39 is 0 Å². The van der Waals surface area contributed by atoms with Gasteiger partial charge in [0.25, 0.3) is 0 Å². The summed E-state index contributed by atoms with van der Waals surface area (Å²) in [5, 5.41) is 3.61. The maximum atomic E-state index is 12.6. The molecule has 1 spiro atoms. The second kappa shape index (κ2) is 4.74. The van der Waals surface area contributed by atoms with Crippen LogP contribution in [-0.4, -0.2) is 53.1 Å². The lowest BCUT2D eigenvalue weighted by Gasteiger charge is -2.32. The number of likely N-dealkylation sites (tertiary alicyclic amines) is 1. The van der Waals surface area contributed by atoms with Crippen LogP contribution in [-0.2, 0) is 4.79 Å². The fourth-order valence-electron chi connectivity index (χ4n) is 3.78. The lowest BCUT2D eigenvalue weighted by Crippen LogP contribution is -2.47. The van der Waals surface area contributed by atoms with E-state index in [4.69, 9.17) is 0 Å². The highest BCUT2D eigenvalue weighted by molar-refractivity contribution is 5.91. The predicted octanol–water partition coefficient (Wildman–Crippen LogP) is 1.42. The molecule has 4 nitrogen and oxygen atoms in total. The molecule has 4 heteroatoms. The minimum absolute atomic E-state index is 0.162. The predicted molar refractivity (Wildman–Crippen MR) is 75.7 cm³/mol. The van der Waals surface area contributed by atoms with Crippen molar-refractivity contribution in [3.8, 4) is 0 Å². The molecule has 108 valence electrons. The molecule has 1 amide bonds. The highest BCUT2D eigenvalue weighted by Crippen LogP contribution is 2.43. The SMILES string of the molecule is CCN1CCCC1CN1C(=O)C2(CC2)NC1C(C)C. The molecular formula is C15H27N3O. The van der Waals surface area contributed by atoms with Crippen LogP contribution in [0.5, 0.6) is 0 Å². The molecule has 2 atom stereocenters. The van der Waals surface area contributed by atoms with Gasteiger partial charge in [0.15, 0.2) is 0 Å². The molecule has 2 aliphatic heterocycles. The largest absolute Gasteiger partial charge is 0.324 e. The van der Waals surface area contributed by atoms with Crippen LogP contribution >= 0.6 is 0 Å². The van der Waals surface area contributed by atoms with Crippen LogP contribution in [0.25, 0.3) is 0 Å². The third-order valence-electron chi connectivity index (χ3n) is 5.12. The van der Waals surface area contributed by atoms with Crippen molar-refractivity contribution in [3.63, 3.8) is 0 Å². The quantitative estimate of drug-likeness (QED) is 0.835. The van der Waals surface area contributed by atoms with Gasteiger partial charge in [0.05, 0.1) is 11.7 Å². The summed E-state index contributed by atoms with van der Waals surface area (Å²) >= 11 is 0. The smallest absolute Gasteiger partial charge is 0.244 e. The number of nitrogens with one attached hydrogen (secondary N) is 1. The number of hydrogen-bond donors (Lipinski definition) is 1. The molecule has 2 unspecified atom stereocenters. The lowest BCUT2D eigenvalue weighted by atomic mass is 10.1. The molecule has 3 fully saturated rings. The number of rotatable bonds is 4. The molecule has 2 saturated heterocycles. The number of nitrogens with zero attached hydrogens (tertiary/aromatic N) is 2. The van der Waals surface area contributed by atoms with Crippen LogP contribution in [0.4, 0.5) is 0 Å². The van der Waals surface area contributed by atoms with E-state index in [1.54, 1.807) is 0 Å². The maximum Gasteiger partial charge on any atom is 0.244 e. The third kappa shape index (κ3) is 2.19. The third-order valence-corrected chi connectivity index (χ3v) is 5.12. The summed E-state index contributed by atoms with van der Waals surface area (Å²) in [5.41, 5.74) is -0.162. The maximum absolute atomic E-state index is 12.6. The molecule has 0 aromatic rings. The van der Waals surface area contributed by atoms with E-state index in [9.17, 15) is 4.79 Å². The molecule has 2 heterocycles. The van der Waals surface area contributed by atoms with Crippen LogP contribution in [0.15, 0.2) is 0 Å². The summed E-state index contributed by atoms with van der Waals surface area (Å²) in [5.74, 6) is 0.856. The Kier molecular flexibility index (Phi) is 3.34. The van der Waals surface area contributed by atoms with Crippen molar-refractivity contribution in [2.75, 3.05) is 19.6 Å². The summed E-state index contributed by atoms with van der Waals surface area (Å²) in [4.78, 5) is 17.3. The lowest BCUT2D eigenvalue weighted by molar-refractivity contribution is -0.132. The first kappa shape index (κ1) is 13.4. The summed E-state index contributed by atoms with van der Waals surface area (Å²) < 4.78 is 0. The Morgan fingerprint density at radius 3 is 2.74 bits per heavy atom. The second-order valence-corrected chi connectivity index (χ2v) is 6.80. The Labute approximate surface area is 116 Å². The van der Waals surface area contributed by atoms with Crippen molar-refractivity contribution in [3.05, 3.63) is 0 Å². The van der Waals surface area contributed by atoms with Crippen LogP contribution in [0.3, 0.4) is 0 Å². The van der Waals surface area contributed by atoms with Gasteiger partial charge in [-0.1, -0.05) is 20.8 Å². The summed E-state index contributed by atoms with van der Waals surface area (Å²) in [6.45, 7) is 9.89. The van der Waals surface area contributed by atoms with Gasteiger partial charge in [-0.15, -0.1) is 0 Å². The van der Waals surface area contributed by atoms with Gasteiger partial charge < -0.3 is 4.90 Å². The highest BCUT2D eigenvalue weighted by atomic mass is 16.2. The van der Waals surface area contributed by atoms with Gasteiger partial charge in [0, 0.05) is 12.6 Å². The van der Waals surface area contributed by atoms with Crippen molar-refractivity contribution in [1.82, 2.24) is 15.1 Å². The van der Waals surface area contributed by atoms with E-state index in [1.165, 1.54) is 19.4 Å². The van der Waals surface area contributed by atoms with Crippen LogP contribution in [0.2, 0.25) is 0 Å². The van der Waals surface area contributed by atoms with Gasteiger partial charge in [-0.05, 0) is 44.7 Å². The second-order valence-electron chi connectivity index (χ2n) is 6.80. The van der Waals surface area contributed by atoms with Crippen molar-refractivity contribution >= 4 is 5.91 Å². The average Bonchev–Trinajstić information content (AvgIpc) is 2.94. The topological polar surface area (TPSA) is 35.6 Å². The first-order valence-corrected chi connectivity index (χ1v) is 7.90. The van der Waals surface area contributed by atoms with Gasteiger partial charge in [-0.2, -0.15) is 0 Å². The van der Waals surface area contributed by atoms with Crippen molar-refractivity contribution in [2.24, 2.45) is 5.92 Å². The van der Waals surface area contributed by atoms with Crippen molar-refractivity contribution in [2.45, 2.75) is 64.2 Å². The fourth-order valence-corrected chi connectivity index (χ4v) is 3.78. The Morgan fingerprint density at radius 1 is 1.42 bits per heavy atom. The van der Waals surface area contributed by atoms with Crippen molar-refractivity contribution in [1.29, 1.82) is 0 Å². The van der Waals surface area contributed by atoms with E-state index >= 15 is 0 Å². The molecule has 0 radical (unpaired) electrons. The highest BCUT2D eigenvalue weighted by Gasteiger charge is 2.59. The van der Waals surface area contributed by atoms with E-state index in [0.717, 1.165) is 25.9 Å². The molecular weight excluding hydrogens is 238 g/mol. The van der Waals surface area contributed by atoms with E-state index in [-0.39, 0.29) is 11.7 Å². The van der Waals surface area contributed by atoms with E-state index in [0.29, 0.717) is 17.9 Å². The van der Waals surface area contributed by atoms with Gasteiger partial charge in [-0.25, -0.2) is 0 Å². The van der Waals surface area contributed by atoms with Gasteiger partial charge >= 0.3 is 0 Å². The van der Waals surface area contributed by atoms with Crippen LogP contribution in [0, 0.1) is 5.92 Å². The number of carbonyl (C=O) groups excluding carboxylic acids is 1. The fraction of sp³-hybridized carbons (Fsp3) is 0.933. The minimum atomic E-state index is -0.162. The molecule has 1 aliphatic carbocycles. The molecule has 0 bridgehead atoms. The molecule has 3 aliphatic rings. The first-order valence-electron chi connectivity index (χ1n) is 7.90. The zero-order chi connectivity index (χ0) is 13.6. The van der Waals surface area contributed by atoms with E-state index in [2.05, 4.69) is 35.9 Å². The normalized spacial score (nSPS) is 33.9. The molecule has 3 rings (SSSR count). The molecule has 0 aromatic heterocycles. The van der Waals surface area contributed by atoms with Gasteiger partial charge in [-0.3, -0.25) is 15.0 Å². The van der Waals surface area contributed by atoms with Gasteiger partial charge in [0.2, 0.25) is 5.91 Å². The van der Waals surface area contributed by atoms with Crippen LogP contribution < -0.4 is 5.32 Å². The van der Waals surface area contributed by atoms with Crippen LogP contribution in [0.1, 0.15) is 46.5 Å². The Bertz CT molecular complexity index is 364. The Hall–Kier alpha value is -0.610.